The summed E-state index contributed by atoms with van der Waals surface area (Å²) in [6, 6.07) is 0. The zero-order chi connectivity index (χ0) is 16.0. The Hall–Kier alpha value is -0.810. The van der Waals surface area contributed by atoms with Crippen molar-refractivity contribution in [3.8, 4) is 0 Å². The van der Waals surface area contributed by atoms with Crippen LogP contribution in [0.3, 0.4) is 0 Å². The number of rotatable bonds is 10. The Bertz CT molecular complexity index is 263. The van der Waals surface area contributed by atoms with Crippen LogP contribution in [0.25, 0.3) is 0 Å². The summed E-state index contributed by atoms with van der Waals surface area (Å²) < 4.78 is 5.18. The lowest BCUT2D eigenvalue weighted by Gasteiger charge is -2.16. The molecule has 0 aliphatic carbocycles. The quantitative estimate of drug-likeness (QED) is 0.362. The second kappa shape index (κ2) is 17.2. The molecule has 21 heavy (non-hydrogen) atoms. The largest absolute Gasteiger partial charge is 1.00 e. The number of amides is 1. The molecule has 0 saturated carbocycles. The van der Waals surface area contributed by atoms with Crippen LogP contribution >= 0.6 is 0 Å². The number of carbonyl (C=O) groups excluding carboxylic acids is 2. The van der Waals surface area contributed by atoms with Gasteiger partial charge in [-0.25, -0.2) is 0 Å². The number of esters is 1. The first-order valence-electron chi connectivity index (χ1n) is 7.80. The maximum Gasteiger partial charge on any atom is 0.309 e. The molecule has 1 amide bonds. The van der Waals surface area contributed by atoms with Crippen molar-refractivity contribution in [1.29, 1.82) is 0 Å². The Morgan fingerprint density at radius 2 is 1.57 bits per heavy atom. The Labute approximate surface area is 135 Å². The van der Waals surface area contributed by atoms with E-state index in [0.29, 0.717) is 19.4 Å². The molecular weight excluding hydrogens is 292 g/mol. The molecule has 2 atom stereocenters. The Morgan fingerprint density at radius 3 is 1.95 bits per heavy atom. The zero-order valence-corrected chi connectivity index (χ0v) is 14.9. The molecule has 0 radical (unpaired) electrons. The number of likely N-dealkylation sites (N-methyl/N-ethyl adjacent to an activating group) is 1. The summed E-state index contributed by atoms with van der Waals surface area (Å²) in [5.74, 6) is -0.675. The van der Waals surface area contributed by atoms with Crippen LogP contribution in [-0.2, 0) is 14.3 Å². The van der Waals surface area contributed by atoms with E-state index < -0.39 is 0 Å². The fourth-order valence-electron chi connectivity index (χ4n) is 1.83. The number of halogens is 1. The zero-order valence-electron chi connectivity index (χ0n) is 14.2. The van der Waals surface area contributed by atoms with Crippen molar-refractivity contribution in [3.05, 3.63) is 0 Å². The van der Waals surface area contributed by atoms with Gasteiger partial charge < -0.3 is 28.2 Å². The predicted molar refractivity (Wildman–Crippen MR) is 81.0 cm³/mol. The Balaban J connectivity index is -0.00000103. The third-order valence-electron chi connectivity index (χ3n) is 3.24. The van der Waals surface area contributed by atoms with Gasteiger partial charge in [0.1, 0.15) is 13.2 Å². The van der Waals surface area contributed by atoms with Gasteiger partial charge >= 0.3 is 5.97 Å². The molecular formula is C15H33ClN2O3. The van der Waals surface area contributed by atoms with Crippen molar-refractivity contribution in [1.82, 2.24) is 0 Å². The summed E-state index contributed by atoms with van der Waals surface area (Å²) in [5.41, 5.74) is 5.29. The molecule has 0 aromatic heterocycles. The maximum atomic E-state index is 11.8. The summed E-state index contributed by atoms with van der Waals surface area (Å²) in [4.78, 5) is 22.9. The fourth-order valence-corrected chi connectivity index (χ4v) is 1.83. The molecule has 5 nitrogen and oxygen atoms in total. The van der Waals surface area contributed by atoms with Gasteiger partial charge in [-0.3, -0.25) is 9.59 Å². The highest BCUT2D eigenvalue weighted by molar-refractivity contribution is 5.76. The van der Waals surface area contributed by atoms with Crippen molar-refractivity contribution >= 4 is 11.9 Å². The lowest BCUT2D eigenvalue weighted by Crippen LogP contribution is -3.00. The average Bonchev–Trinajstić information content (AvgIpc) is 2.45. The van der Waals surface area contributed by atoms with Crippen molar-refractivity contribution < 1.29 is 32.0 Å². The van der Waals surface area contributed by atoms with E-state index in [4.69, 9.17) is 10.5 Å². The number of quaternary nitrogens is 1. The molecule has 6 heteroatoms. The Kier molecular flexibility index (Phi) is 20.7. The molecule has 0 heterocycles. The van der Waals surface area contributed by atoms with Gasteiger partial charge in [0.15, 0.2) is 0 Å². The third kappa shape index (κ3) is 12.6. The molecule has 0 spiro atoms. The van der Waals surface area contributed by atoms with E-state index in [2.05, 4.69) is 0 Å². The topological polar surface area (TPSA) is 86.0 Å². The number of hydrogen-bond acceptors (Lipinski definition) is 3. The van der Waals surface area contributed by atoms with Gasteiger partial charge in [0.25, 0.3) is 0 Å². The second-order valence-electron chi connectivity index (χ2n) is 4.55. The SMILES string of the molecule is CC.CCC(CCC(CC)C(=O)OCC[NH2+]C)C(N)=O.[Cl-]. The van der Waals surface area contributed by atoms with Crippen LogP contribution in [0.2, 0.25) is 0 Å². The highest BCUT2D eigenvalue weighted by Crippen LogP contribution is 2.19. The molecule has 0 aliphatic rings. The minimum Gasteiger partial charge on any atom is -1.00 e. The minimum atomic E-state index is -0.277. The molecule has 0 aromatic carbocycles. The molecule has 128 valence electrons. The molecule has 4 N–H and O–H groups in total. The van der Waals surface area contributed by atoms with Gasteiger partial charge in [0.2, 0.25) is 5.91 Å². The first kappa shape index (κ1) is 25.2. The van der Waals surface area contributed by atoms with Gasteiger partial charge in [-0.2, -0.15) is 0 Å². The number of primary amides is 1. The Morgan fingerprint density at radius 1 is 1.10 bits per heavy atom. The lowest BCUT2D eigenvalue weighted by molar-refractivity contribution is -0.628. The van der Waals surface area contributed by atoms with Gasteiger partial charge in [-0.05, 0) is 25.7 Å². The van der Waals surface area contributed by atoms with E-state index in [1.165, 1.54) is 0 Å². The van der Waals surface area contributed by atoms with E-state index in [-0.39, 0.29) is 36.1 Å². The van der Waals surface area contributed by atoms with Crippen LogP contribution < -0.4 is 23.5 Å². The smallest absolute Gasteiger partial charge is 0.309 e. The molecule has 0 bridgehead atoms. The third-order valence-corrected chi connectivity index (χ3v) is 3.24. The normalized spacial score (nSPS) is 12.2. The van der Waals surface area contributed by atoms with Gasteiger partial charge in [-0.15, -0.1) is 0 Å². The van der Waals surface area contributed by atoms with Crippen molar-refractivity contribution in [3.63, 3.8) is 0 Å². The van der Waals surface area contributed by atoms with Crippen LogP contribution in [0.5, 0.6) is 0 Å². The van der Waals surface area contributed by atoms with E-state index in [9.17, 15) is 9.59 Å². The van der Waals surface area contributed by atoms with Crippen molar-refractivity contribution in [2.24, 2.45) is 17.6 Å². The number of nitrogens with two attached hydrogens (primary N) is 2. The second-order valence-corrected chi connectivity index (χ2v) is 4.55. The number of carbonyl (C=O) groups is 2. The van der Waals surface area contributed by atoms with Crippen LogP contribution in [0.15, 0.2) is 0 Å². The summed E-state index contributed by atoms with van der Waals surface area (Å²) in [7, 11) is 1.93. The van der Waals surface area contributed by atoms with Crippen LogP contribution in [0.4, 0.5) is 0 Å². The maximum absolute atomic E-state index is 11.8. The molecule has 0 rings (SSSR count). The summed E-state index contributed by atoms with van der Waals surface area (Å²) >= 11 is 0. The van der Waals surface area contributed by atoms with E-state index >= 15 is 0 Å². The number of hydrogen-bond donors (Lipinski definition) is 2. The molecule has 0 saturated heterocycles. The summed E-state index contributed by atoms with van der Waals surface area (Å²) in [6.45, 7) is 9.12. The van der Waals surface area contributed by atoms with Crippen molar-refractivity contribution in [2.75, 3.05) is 20.2 Å². The number of ether oxygens (including phenoxy) is 1. The molecule has 0 aliphatic heterocycles. The molecule has 0 fully saturated rings. The first-order chi connectivity index (χ1) is 9.56. The minimum absolute atomic E-state index is 0. The van der Waals surface area contributed by atoms with E-state index in [0.717, 1.165) is 19.4 Å². The molecule has 2 unspecified atom stereocenters. The van der Waals surface area contributed by atoms with Gasteiger partial charge in [0, 0.05) is 5.92 Å². The lowest BCUT2D eigenvalue weighted by atomic mass is 9.92. The monoisotopic (exact) mass is 324 g/mol. The highest BCUT2D eigenvalue weighted by Gasteiger charge is 2.21. The van der Waals surface area contributed by atoms with Gasteiger partial charge in [-0.1, -0.05) is 27.7 Å². The first-order valence-corrected chi connectivity index (χ1v) is 7.80. The summed E-state index contributed by atoms with van der Waals surface area (Å²) in [6.07, 6.45) is 2.81. The van der Waals surface area contributed by atoms with Crippen LogP contribution in [0.1, 0.15) is 53.4 Å². The van der Waals surface area contributed by atoms with Gasteiger partial charge in [0.05, 0.1) is 13.0 Å². The van der Waals surface area contributed by atoms with Crippen LogP contribution in [-0.4, -0.2) is 32.1 Å². The van der Waals surface area contributed by atoms with Crippen molar-refractivity contribution in [2.45, 2.75) is 53.4 Å². The average molecular weight is 325 g/mol. The standard InChI is InChI=1S/C13H26N2O3.C2H6.ClH/c1-4-10(12(14)16)6-7-11(5-2)13(17)18-9-8-15-3;1-2;/h10-11,15H,4-9H2,1-3H3,(H2,14,16);1-2H3;1H. The van der Waals surface area contributed by atoms with E-state index in [1.807, 2.05) is 40.1 Å². The highest BCUT2D eigenvalue weighted by atomic mass is 35.5. The van der Waals surface area contributed by atoms with Crippen LogP contribution in [0, 0.1) is 11.8 Å². The van der Waals surface area contributed by atoms with E-state index in [1.54, 1.807) is 0 Å². The predicted octanol–water partition coefficient (Wildman–Crippen LogP) is -1.93. The summed E-state index contributed by atoms with van der Waals surface area (Å²) in [5, 5.41) is 1.97. The molecule has 0 aromatic rings. The fraction of sp³-hybridized carbons (Fsp3) is 0.867.